The summed E-state index contributed by atoms with van der Waals surface area (Å²) in [4.78, 5) is 37.1. The standard InChI is InChI=1S/C17H18N4O4S/c1-10(2)26-12-5-3-4-11(8-12)16-19-20-17(25-16)18-13(22)9-21-14(23)6-7-15(21)24/h3-5,8,10H,6-7,9H2,1-2H3,(H,18,20,22). The molecule has 9 heteroatoms. The van der Waals surface area contributed by atoms with E-state index in [0.29, 0.717) is 5.25 Å². The van der Waals surface area contributed by atoms with Gasteiger partial charge in [-0.15, -0.1) is 16.9 Å². The van der Waals surface area contributed by atoms with Crippen LogP contribution in [0.2, 0.25) is 0 Å². The molecule has 1 aliphatic rings. The van der Waals surface area contributed by atoms with Crippen LogP contribution in [0.1, 0.15) is 26.7 Å². The molecule has 8 nitrogen and oxygen atoms in total. The quantitative estimate of drug-likeness (QED) is 0.611. The fourth-order valence-electron chi connectivity index (χ4n) is 2.47. The van der Waals surface area contributed by atoms with Gasteiger partial charge in [-0.1, -0.05) is 25.0 Å². The van der Waals surface area contributed by atoms with Crippen molar-refractivity contribution in [3.8, 4) is 11.5 Å². The highest BCUT2D eigenvalue weighted by Gasteiger charge is 2.30. The van der Waals surface area contributed by atoms with Crippen LogP contribution in [0, 0.1) is 0 Å². The SMILES string of the molecule is CC(C)Sc1cccc(-c2nnc(NC(=O)CN3C(=O)CCC3=O)o2)c1. The van der Waals surface area contributed by atoms with Gasteiger partial charge in [0.05, 0.1) is 0 Å². The smallest absolute Gasteiger partial charge is 0.322 e. The van der Waals surface area contributed by atoms with Crippen LogP contribution in [0.4, 0.5) is 6.01 Å². The molecule has 3 amide bonds. The van der Waals surface area contributed by atoms with E-state index in [1.165, 1.54) is 0 Å². The number of hydrogen-bond acceptors (Lipinski definition) is 7. The Hall–Kier alpha value is -2.68. The third-order valence-electron chi connectivity index (χ3n) is 3.58. The van der Waals surface area contributed by atoms with Crippen LogP contribution in [0.15, 0.2) is 33.6 Å². The van der Waals surface area contributed by atoms with E-state index in [2.05, 4.69) is 29.4 Å². The normalized spacial score (nSPS) is 14.3. The Kier molecular flexibility index (Phi) is 5.36. The minimum Gasteiger partial charge on any atom is -0.403 e. The van der Waals surface area contributed by atoms with Crippen molar-refractivity contribution in [1.82, 2.24) is 15.1 Å². The fraction of sp³-hybridized carbons (Fsp3) is 0.353. The number of carbonyl (C=O) groups excluding carboxylic acids is 3. The van der Waals surface area contributed by atoms with Gasteiger partial charge >= 0.3 is 6.01 Å². The van der Waals surface area contributed by atoms with Gasteiger partial charge in [0.25, 0.3) is 0 Å². The summed E-state index contributed by atoms with van der Waals surface area (Å²) in [5, 5.41) is 10.6. The van der Waals surface area contributed by atoms with Crippen LogP contribution in [-0.2, 0) is 14.4 Å². The summed E-state index contributed by atoms with van der Waals surface area (Å²) in [6.45, 7) is 3.86. The van der Waals surface area contributed by atoms with Gasteiger partial charge in [0, 0.05) is 28.6 Å². The number of likely N-dealkylation sites (tertiary alicyclic amines) is 1. The predicted molar refractivity (Wildman–Crippen MR) is 95.3 cm³/mol. The zero-order valence-corrected chi connectivity index (χ0v) is 15.2. The maximum absolute atomic E-state index is 12.0. The van der Waals surface area contributed by atoms with Gasteiger partial charge in [0.2, 0.25) is 23.6 Å². The number of amides is 3. The highest BCUT2D eigenvalue weighted by Crippen LogP contribution is 2.28. The summed E-state index contributed by atoms with van der Waals surface area (Å²) in [5.74, 6) is -0.987. The average Bonchev–Trinajstić information content (AvgIpc) is 3.16. The molecule has 2 aromatic rings. The third-order valence-corrected chi connectivity index (χ3v) is 4.58. The molecule has 0 spiro atoms. The number of nitrogens with one attached hydrogen (secondary N) is 1. The lowest BCUT2D eigenvalue weighted by atomic mass is 10.2. The molecule has 2 heterocycles. The van der Waals surface area contributed by atoms with Crippen LogP contribution in [-0.4, -0.2) is 44.6 Å². The predicted octanol–water partition coefficient (Wildman–Crippen LogP) is 2.32. The van der Waals surface area contributed by atoms with Crippen LogP contribution >= 0.6 is 11.8 Å². The summed E-state index contributed by atoms with van der Waals surface area (Å²) in [6.07, 6.45) is 0.281. The van der Waals surface area contributed by atoms with E-state index in [4.69, 9.17) is 4.42 Å². The molecule has 0 aliphatic carbocycles. The Morgan fingerprint density at radius 3 is 2.69 bits per heavy atom. The number of rotatable bonds is 6. The molecule has 1 aliphatic heterocycles. The lowest BCUT2D eigenvalue weighted by Crippen LogP contribution is -2.36. The van der Waals surface area contributed by atoms with Crippen LogP contribution in [0.5, 0.6) is 0 Å². The summed E-state index contributed by atoms with van der Waals surface area (Å²) in [5.41, 5.74) is 0.744. The summed E-state index contributed by atoms with van der Waals surface area (Å²) in [6, 6.07) is 7.59. The number of imide groups is 1. The molecule has 3 rings (SSSR count). The Bertz CT molecular complexity index is 833. The third kappa shape index (κ3) is 4.29. The van der Waals surface area contributed by atoms with Crippen molar-refractivity contribution in [2.45, 2.75) is 36.8 Å². The molecule has 0 atom stereocenters. The van der Waals surface area contributed by atoms with E-state index in [1.54, 1.807) is 11.8 Å². The first kappa shape index (κ1) is 18.1. The van der Waals surface area contributed by atoms with Crippen molar-refractivity contribution in [2.75, 3.05) is 11.9 Å². The van der Waals surface area contributed by atoms with E-state index in [1.807, 2.05) is 24.3 Å². The maximum Gasteiger partial charge on any atom is 0.322 e. The lowest BCUT2D eigenvalue weighted by Gasteiger charge is -2.11. The Balaban J connectivity index is 1.65. The van der Waals surface area contributed by atoms with Crippen molar-refractivity contribution in [3.63, 3.8) is 0 Å². The Morgan fingerprint density at radius 2 is 2.00 bits per heavy atom. The van der Waals surface area contributed by atoms with E-state index < -0.39 is 5.91 Å². The number of nitrogens with zero attached hydrogens (tertiary/aromatic N) is 3. The van der Waals surface area contributed by atoms with Crippen LogP contribution in [0.25, 0.3) is 11.5 Å². The monoisotopic (exact) mass is 374 g/mol. The molecule has 0 radical (unpaired) electrons. The summed E-state index contributed by atoms with van der Waals surface area (Å²) >= 11 is 1.71. The van der Waals surface area contributed by atoms with E-state index in [0.717, 1.165) is 15.4 Å². The first-order valence-corrected chi connectivity index (χ1v) is 9.04. The molecular formula is C17H18N4O4S. The number of aromatic nitrogens is 2. The first-order chi connectivity index (χ1) is 12.4. The van der Waals surface area contributed by atoms with Gasteiger partial charge in [-0.2, -0.15) is 0 Å². The number of anilines is 1. The van der Waals surface area contributed by atoms with Crippen molar-refractivity contribution in [1.29, 1.82) is 0 Å². The summed E-state index contributed by atoms with van der Waals surface area (Å²) < 4.78 is 5.47. The van der Waals surface area contributed by atoms with Gasteiger partial charge in [-0.3, -0.25) is 24.6 Å². The Morgan fingerprint density at radius 1 is 1.27 bits per heavy atom. The summed E-state index contributed by atoms with van der Waals surface area (Å²) in [7, 11) is 0. The second-order valence-corrected chi connectivity index (χ2v) is 7.68. The van der Waals surface area contributed by atoms with Crippen molar-refractivity contribution < 1.29 is 18.8 Å². The van der Waals surface area contributed by atoms with Crippen LogP contribution in [0.3, 0.4) is 0 Å². The molecular weight excluding hydrogens is 356 g/mol. The second-order valence-electron chi connectivity index (χ2n) is 6.03. The topological polar surface area (TPSA) is 105 Å². The van der Waals surface area contributed by atoms with Gasteiger partial charge in [0.15, 0.2) is 0 Å². The minimum absolute atomic E-state index is 0.0778. The second kappa shape index (κ2) is 7.69. The Labute approximate surface area is 154 Å². The van der Waals surface area contributed by atoms with Crippen LogP contribution < -0.4 is 5.32 Å². The molecule has 0 saturated carbocycles. The van der Waals surface area contributed by atoms with Crippen molar-refractivity contribution >= 4 is 35.5 Å². The molecule has 1 fully saturated rings. The highest BCUT2D eigenvalue weighted by atomic mass is 32.2. The largest absolute Gasteiger partial charge is 0.403 e. The number of hydrogen-bond donors (Lipinski definition) is 1. The molecule has 26 heavy (non-hydrogen) atoms. The highest BCUT2D eigenvalue weighted by molar-refractivity contribution is 7.99. The van der Waals surface area contributed by atoms with Gasteiger partial charge < -0.3 is 4.42 Å². The fourth-order valence-corrected chi connectivity index (χ4v) is 3.36. The molecule has 0 bridgehead atoms. The first-order valence-electron chi connectivity index (χ1n) is 8.16. The lowest BCUT2D eigenvalue weighted by molar-refractivity contribution is -0.141. The van der Waals surface area contributed by atoms with E-state index >= 15 is 0 Å². The number of benzene rings is 1. The maximum atomic E-state index is 12.0. The number of carbonyl (C=O) groups is 3. The molecule has 1 aromatic heterocycles. The van der Waals surface area contributed by atoms with Gasteiger partial charge in [-0.25, -0.2) is 0 Å². The minimum atomic E-state index is -0.562. The zero-order chi connectivity index (χ0) is 18.7. The van der Waals surface area contributed by atoms with Gasteiger partial charge in [-0.05, 0) is 18.2 Å². The molecule has 1 saturated heterocycles. The van der Waals surface area contributed by atoms with E-state index in [-0.39, 0.29) is 43.1 Å². The molecule has 0 unspecified atom stereocenters. The molecule has 1 N–H and O–H groups in total. The van der Waals surface area contributed by atoms with E-state index in [9.17, 15) is 14.4 Å². The average molecular weight is 374 g/mol. The zero-order valence-electron chi connectivity index (χ0n) is 14.4. The van der Waals surface area contributed by atoms with Gasteiger partial charge in [0.1, 0.15) is 6.54 Å². The van der Waals surface area contributed by atoms with Crippen molar-refractivity contribution in [3.05, 3.63) is 24.3 Å². The van der Waals surface area contributed by atoms with Crippen molar-refractivity contribution in [2.24, 2.45) is 0 Å². The molecule has 1 aromatic carbocycles. The number of thioether (sulfide) groups is 1. The molecule has 136 valence electrons.